The van der Waals surface area contributed by atoms with Gasteiger partial charge in [0.15, 0.2) is 23.8 Å². The van der Waals surface area contributed by atoms with Crippen LogP contribution >= 0.6 is 0 Å². The molecule has 25 heavy (non-hydrogen) atoms. The van der Waals surface area contributed by atoms with Crippen LogP contribution in [0.1, 0.15) is 12.8 Å². The number of hydrogen-bond donors (Lipinski definition) is 0. The van der Waals surface area contributed by atoms with Gasteiger partial charge in [-0.3, -0.25) is 0 Å². The quantitative estimate of drug-likeness (QED) is 0.803. The summed E-state index contributed by atoms with van der Waals surface area (Å²) in [6, 6.07) is 15.5. The average Bonchev–Trinajstić information content (AvgIpc) is 3.10. The third kappa shape index (κ3) is 2.65. The van der Waals surface area contributed by atoms with E-state index in [1.165, 1.54) is 30.3 Å². The number of sulfone groups is 2. The lowest BCUT2D eigenvalue weighted by Crippen LogP contribution is -2.44. The van der Waals surface area contributed by atoms with Crippen molar-refractivity contribution in [1.29, 1.82) is 0 Å². The molecule has 0 aliphatic heterocycles. The van der Waals surface area contributed by atoms with E-state index in [1.807, 2.05) is 0 Å². The highest BCUT2D eigenvalue weighted by atomic mass is 32.3. The van der Waals surface area contributed by atoms with Crippen LogP contribution in [0.15, 0.2) is 94.8 Å². The molecule has 0 bridgehead atoms. The highest BCUT2D eigenvalue weighted by Gasteiger charge is 2.57. The van der Waals surface area contributed by atoms with Gasteiger partial charge in [0.1, 0.15) is 0 Å². The van der Waals surface area contributed by atoms with E-state index in [0.29, 0.717) is 5.57 Å². The molecule has 1 aliphatic carbocycles. The first-order chi connectivity index (χ1) is 11.8. The molecule has 0 heterocycles. The summed E-state index contributed by atoms with van der Waals surface area (Å²) in [7, 11) is -8.27. The molecule has 0 radical (unpaired) electrons. The topological polar surface area (TPSA) is 68.3 Å². The highest BCUT2D eigenvalue weighted by molar-refractivity contribution is 8.10. The van der Waals surface area contributed by atoms with Gasteiger partial charge in [0.05, 0.1) is 9.79 Å². The number of benzene rings is 2. The Morgan fingerprint density at radius 1 is 0.800 bits per heavy atom. The monoisotopic (exact) mass is 374 g/mol. The summed E-state index contributed by atoms with van der Waals surface area (Å²) < 4.78 is 51.6. The van der Waals surface area contributed by atoms with Crippen molar-refractivity contribution < 1.29 is 16.8 Å². The van der Waals surface area contributed by atoms with Crippen LogP contribution in [0.4, 0.5) is 0 Å². The van der Waals surface area contributed by atoms with Crippen molar-refractivity contribution in [2.45, 2.75) is 26.7 Å². The van der Waals surface area contributed by atoms with E-state index >= 15 is 0 Å². The van der Waals surface area contributed by atoms with E-state index in [0.717, 1.165) is 0 Å². The molecule has 0 unspecified atom stereocenters. The smallest absolute Gasteiger partial charge is 0.199 e. The van der Waals surface area contributed by atoms with E-state index in [1.54, 1.807) is 42.5 Å². The van der Waals surface area contributed by atoms with Crippen LogP contribution in [0.2, 0.25) is 0 Å². The van der Waals surface area contributed by atoms with Crippen molar-refractivity contribution in [3.8, 4) is 0 Å². The first-order valence-electron chi connectivity index (χ1n) is 7.76. The van der Waals surface area contributed by atoms with Crippen molar-refractivity contribution in [2.75, 3.05) is 0 Å². The molecule has 6 heteroatoms. The number of hydrogen-bond acceptors (Lipinski definition) is 4. The maximum absolute atomic E-state index is 13.4. The maximum atomic E-state index is 13.4. The van der Waals surface area contributed by atoms with Gasteiger partial charge in [0.25, 0.3) is 0 Å². The average molecular weight is 374 g/mol. The summed E-state index contributed by atoms with van der Waals surface area (Å²) in [5.74, 6) is 0. The molecule has 4 nitrogen and oxygen atoms in total. The zero-order chi connectivity index (χ0) is 18.1. The second-order valence-electron chi connectivity index (χ2n) is 5.91. The largest absolute Gasteiger partial charge is 0.222 e. The van der Waals surface area contributed by atoms with Crippen molar-refractivity contribution in [3.63, 3.8) is 0 Å². The molecule has 0 aromatic heterocycles. The van der Waals surface area contributed by atoms with Gasteiger partial charge in [0, 0.05) is 12.8 Å². The Balaban J connectivity index is 2.26. The van der Waals surface area contributed by atoms with Gasteiger partial charge in [-0.2, -0.15) is 0 Å². The van der Waals surface area contributed by atoms with Gasteiger partial charge < -0.3 is 0 Å². The fourth-order valence-electron chi connectivity index (χ4n) is 3.08. The summed E-state index contributed by atoms with van der Waals surface area (Å²) in [5, 5.41) is 0. The first-order valence-corrected chi connectivity index (χ1v) is 10.7. The van der Waals surface area contributed by atoms with Crippen molar-refractivity contribution in [2.24, 2.45) is 0 Å². The molecule has 2 aromatic carbocycles. The van der Waals surface area contributed by atoms with Gasteiger partial charge >= 0.3 is 0 Å². The highest BCUT2D eigenvalue weighted by Crippen LogP contribution is 2.46. The molecule has 130 valence electrons. The van der Waals surface area contributed by atoms with Gasteiger partial charge in [0.2, 0.25) is 0 Å². The summed E-state index contributed by atoms with van der Waals surface area (Å²) in [5.41, 5.74) is 0.624. The number of rotatable bonds is 5. The maximum Gasteiger partial charge on any atom is 0.199 e. The van der Waals surface area contributed by atoms with E-state index in [2.05, 4.69) is 6.58 Å². The van der Waals surface area contributed by atoms with Crippen LogP contribution in [-0.4, -0.2) is 20.9 Å². The molecule has 0 amide bonds. The van der Waals surface area contributed by atoms with Crippen LogP contribution in [0.3, 0.4) is 0 Å². The molecule has 1 aliphatic rings. The van der Waals surface area contributed by atoms with E-state index in [-0.39, 0.29) is 22.6 Å². The van der Waals surface area contributed by atoms with Gasteiger partial charge in [-0.15, -0.1) is 0 Å². The summed E-state index contributed by atoms with van der Waals surface area (Å²) in [6.07, 6.45) is 2.96. The normalized spacial score (nSPS) is 17.0. The lowest BCUT2D eigenvalue weighted by Gasteiger charge is -2.29. The molecule has 3 rings (SSSR count). The summed E-state index contributed by atoms with van der Waals surface area (Å²) in [6.45, 7) is 3.66. The van der Waals surface area contributed by atoms with Gasteiger partial charge in [-0.05, 0) is 29.8 Å². The standard InChI is InChI=1S/C19H18O4S2/c1-2-16-13-14-19(15-16,24(20,21)17-9-5-3-6-10-17)25(22,23)18-11-7-4-8-12-18/h2-13H,1,14-15H2. The third-order valence-corrected chi connectivity index (χ3v) is 10.2. The van der Waals surface area contributed by atoms with Crippen LogP contribution in [0.25, 0.3) is 0 Å². The second-order valence-corrected chi connectivity index (χ2v) is 10.7. The van der Waals surface area contributed by atoms with Crippen LogP contribution in [0, 0.1) is 0 Å². The van der Waals surface area contributed by atoms with E-state index < -0.39 is 23.8 Å². The molecular formula is C19H18O4S2. The Kier molecular flexibility index (Phi) is 4.43. The first kappa shape index (κ1) is 17.6. The van der Waals surface area contributed by atoms with Crippen molar-refractivity contribution in [3.05, 3.63) is 85.0 Å². The Labute approximate surface area is 148 Å². The Bertz CT molecular complexity index is 950. The number of allylic oxidation sites excluding steroid dienone is 3. The second kappa shape index (κ2) is 6.28. The van der Waals surface area contributed by atoms with E-state index in [4.69, 9.17) is 0 Å². The molecule has 0 saturated carbocycles. The zero-order valence-electron chi connectivity index (χ0n) is 13.5. The van der Waals surface area contributed by atoms with Gasteiger partial charge in [-0.25, -0.2) is 16.8 Å². The lowest BCUT2D eigenvalue weighted by atomic mass is 10.2. The predicted molar refractivity (Wildman–Crippen MR) is 97.5 cm³/mol. The summed E-state index contributed by atoms with van der Waals surface area (Å²) in [4.78, 5) is 0.0152. The minimum absolute atomic E-state index is 0.00761. The molecule has 0 N–H and O–H groups in total. The molecule has 0 spiro atoms. The van der Waals surface area contributed by atoms with Crippen molar-refractivity contribution in [1.82, 2.24) is 0 Å². The Morgan fingerprint density at radius 3 is 1.60 bits per heavy atom. The van der Waals surface area contributed by atoms with Crippen molar-refractivity contribution >= 4 is 19.7 Å². The molecule has 0 atom stereocenters. The minimum Gasteiger partial charge on any atom is -0.222 e. The predicted octanol–water partition coefficient (Wildman–Crippen LogP) is 3.54. The zero-order valence-corrected chi connectivity index (χ0v) is 15.1. The van der Waals surface area contributed by atoms with Gasteiger partial charge in [-0.1, -0.05) is 55.1 Å². The fraction of sp³-hybridized carbons (Fsp3) is 0.158. The molecule has 2 aromatic rings. The fourth-order valence-corrected chi connectivity index (χ4v) is 8.02. The molecule has 0 fully saturated rings. The molecular weight excluding hydrogens is 356 g/mol. The third-order valence-electron chi connectivity index (χ3n) is 4.50. The Morgan fingerprint density at radius 2 is 1.24 bits per heavy atom. The van der Waals surface area contributed by atoms with Crippen LogP contribution < -0.4 is 0 Å². The lowest BCUT2D eigenvalue weighted by molar-refractivity contribution is 0.542. The minimum atomic E-state index is -4.14. The van der Waals surface area contributed by atoms with Crippen LogP contribution in [-0.2, 0) is 19.7 Å². The summed E-state index contributed by atoms with van der Waals surface area (Å²) >= 11 is 0. The molecule has 0 saturated heterocycles. The van der Waals surface area contributed by atoms with E-state index in [9.17, 15) is 16.8 Å². The SMILES string of the molecule is C=CC1=CCC(S(=O)(=O)c2ccccc2)(S(=O)(=O)c2ccccc2)C1. The Hall–Kier alpha value is -2.18. The van der Waals surface area contributed by atoms with Crippen LogP contribution in [0.5, 0.6) is 0 Å².